The lowest BCUT2D eigenvalue weighted by molar-refractivity contribution is -0.134. The molecule has 104 valence electrons. The maximum absolute atomic E-state index is 11.5. The van der Waals surface area contributed by atoms with Gasteiger partial charge in [0.25, 0.3) is 5.24 Å². The van der Waals surface area contributed by atoms with Gasteiger partial charge in [-0.1, -0.05) is 32.6 Å². The molecule has 3 nitrogen and oxygen atoms in total. The Morgan fingerprint density at radius 2 is 1.68 bits per heavy atom. The van der Waals surface area contributed by atoms with Crippen molar-refractivity contribution in [3.8, 4) is 5.75 Å². The van der Waals surface area contributed by atoms with Crippen LogP contribution in [-0.2, 0) is 4.79 Å². The average molecular weight is 283 g/mol. The zero-order chi connectivity index (χ0) is 14.1. The Balaban J connectivity index is 2.30. The molecule has 0 saturated heterocycles. The second-order valence-corrected chi connectivity index (χ2v) is 4.78. The Kier molecular flexibility index (Phi) is 7.19. The Hall–Kier alpha value is -1.35. The van der Waals surface area contributed by atoms with Crippen LogP contribution in [0, 0.1) is 0 Å². The molecule has 0 saturated carbocycles. The zero-order valence-corrected chi connectivity index (χ0v) is 11.9. The fraction of sp³-hybridized carbons (Fsp3) is 0.467. The summed E-state index contributed by atoms with van der Waals surface area (Å²) in [4.78, 5) is 22.4. The molecule has 0 bridgehead atoms. The van der Waals surface area contributed by atoms with E-state index in [4.69, 9.17) is 16.3 Å². The molecule has 0 atom stereocenters. The summed E-state index contributed by atoms with van der Waals surface area (Å²) in [5.41, 5.74) is 0.390. The van der Waals surface area contributed by atoms with Crippen LogP contribution in [0.4, 0.5) is 0 Å². The second-order valence-electron chi connectivity index (χ2n) is 4.44. The van der Waals surface area contributed by atoms with E-state index < -0.39 is 5.24 Å². The van der Waals surface area contributed by atoms with Crippen LogP contribution in [-0.4, -0.2) is 11.2 Å². The van der Waals surface area contributed by atoms with Crippen LogP contribution >= 0.6 is 11.6 Å². The topological polar surface area (TPSA) is 43.4 Å². The summed E-state index contributed by atoms with van der Waals surface area (Å²) in [5, 5.41) is -0.520. The van der Waals surface area contributed by atoms with E-state index in [0.29, 0.717) is 17.7 Å². The Morgan fingerprint density at radius 3 is 2.26 bits per heavy atom. The molecule has 0 aliphatic heterocycles. The predicted octanol–water partition coefficient (Wildman–Crippen LogP) is 4.33. The highest BCUT2D eigenvalue weighted by molar-refractivity contribution is 6.67. The van der Waals surface area contributed by atoms with E-state index in [2.05, 4.69) is 6.92 Å². The quantitative estimate of drug-likeness (QED) is 0.308. The first-order chi connectivity index (χ1) is 9.13. The lowest BCUT2D eigenvalue weighted by atomic mass is 10.1. The number of hydrogen-bond acceptors (Lipinski definition) is 3. The summed E-state index contributed by atoms with van der Waals surface area (Å²) < 4.78 is 5.16. The van der Waals surface area contributed by atoms with E-state index >= 15 is 0 Å². The van der Waals surface area contributed by atoms with Gasteiger partial charge in [0, 0.05) is 12.0 Å². The van der Waals surface area contributed by atoms with Gasteiger partial charge in [-0.25, -0.2) is 0 Å². The van der Waals surface area contributed by atoms with Gasteiger partial charge in [0.05, 0.1) is 0 Å². The molecular weight excluding hydrogens is 264 g/mol. The van der Waals surface area contributed by atoms with E-state index in [-0.39, 0.29) is 5.97 Å². The van der Waals surface area contributed by atoms with Crippen molar-refractivity contribution in [1.29, 1.82) is 0 Å². The van der Waals surface area contributed by atoms with Gasteiger partial charge < -0.3 is 4.74 Å². The number of halogens is 1. The summed E-state index contributed by atoms with van der Waals surface area (Å²) >= 11 is 5.32. The molecule has 0 radical (unpaired) electrons. The van der Waals surface area contributed by atoms with Gasteiger partial charge >= 0.3 is 5.97 Å². The summed E-state index contributed by atoms with van der Waals surface area (Å²) in [6.45, 7) is 2.16. The number of ether oxygens (including phenoxy) is 1. The molecule has 0 spiro atoms. The SMILES string of the molecule is CCCCCCCC(=O)Oc1ccc(C(=O)Cl)cc1. The standard InChI is InChI=1S/C15H19ClO3/c1-2-3-4-5-6-7-14(17)19-13-10-8-12(9-11-13)15(16)18/h8-11H,2-7H2,1H3. The van der Waals surface area contributed by atoms with Crippen molar-refractivity contribution in [2.45, 2.75) is 45.4 Å². The number of benzene rings is 1. The van der Waals surface area contributed by atoms with Gasteiger partial charge in [0.2, 0.25) is 0 Å². The normalized spacial score (nSPS) is 10.2. The van der Waals surface area contributed by atoms with Gasteiger partial charge in [0.1, 0.15) is 5.75 Å². The smallest absolute Gasteiger partial charge is 0.311 e. The summed E-state index contributed by atoms with van der Waals surface area (Å²) in [6, 6.07) is 6.23. The second kappa shape index (κ2) is 8.70. The molecule has 0 amide bonds. The van der Waals surface area contributed by atoms with E-state index in [1.807, 2.05) is 0 Å². The Labute approximate surface area is 118 Å². The van der Waals surface area contributed by atoms with E-state index in [9.17, 15) is 9.59 Å². The first kappa shape index (κ1) is 15.7. The van der Waals surface area contributed by atoms with Gasteiger partial charge in [-0.05, 0) is 42.3 Å². The maximum Gasteiger partial charge on any atom is 0.311 e. The van der Waals surface area contributed by atoms with Crippen molar-refractivity contribution in [3.63, 3.8) is 0 Å². The van der Waals surface area contributed by atoms with Crippen LogP contribution in [0.15, 0.2) is 24.3 Å². The first-order valence-corrected chi connectivity index (χ1v) is 7.02. The van der Waals surface area contributed by atoms with Crippen molar-refractivity contribution < 1.29 is 14.3 Å². The number of carbonyl (C=O) groups is 2. The molecule has 0 aromatic heterocycles. The highest BCUT2D eigenvalue weighted by Crippen LogP contribution is 2.15. The van der Waals surface area contributed by atoms with Crippen molar-refractivity contribution in [2.75, 3.05) is 0 Å². The van der Waals surface area contributed by atoms with Crippen molar-refractivity contribution in [2.24, 2.45) is 0 Å². The summed E-state index contributed by atoms with van der Waals surface area (Å²) in [6.07, 6.45) is 5.91. The van der Waals surface area contributed by atoms with E-state index in [1.165, 1.54) is 12.8 Å². The molecule has 0 fully saturated rings. The molecule has 1 rings (SSSR count). The van der Waals surface area contributed by atoms with Gasteiger partial charge in [-0.15, -0.1) is 0 Å². The number of hydrogen-bond donors (Lipinski definition) is 0. The molecule has 0 heterocycles. The third-order valence-electron chi connectivity index (χ3n) is 2.80. The molecule has 0 aliphatic carbocycles. The predicted molar refractivity (Wildman–Crippen MR) is 75.6 cm³/mol. The van der Waals surface area contributed by atoms with Crippen molar-refractivity contribution in [1.82, 2.24) is 0 Å². The van der Waals surface area contributed by atoms with Crippen LogP contribution in [0.3, 0.4) is 0 Å². The minimum absolute atomic E-state index is 0.235. The fourth-order valence-electron chi connectivity index (χ4n) is 1.71. The molecule has 1 aromatic carbocycles. The van der Waals surface area contributed by atoms with E-state index in [0.717, 1.165) is 19.3 Å². The third kappa shape index (κ3) is 6.39. The Morgan fingerprint density at radius 1 is 1.05 bits per heavy atom. The van der Waals surface area contributed by atoms with Crippen LogP contribution in [0.2, 0.25) is 0 Å². The van der Waals surface area contributed by atoms with Crippen LogP contribution < -0.4 is 4.74 Å². The molecule has 4 heteroatoms. The van der Waals surface area contributed by atoms with Crippen LogP contribution in [0.25, 0.3) is 0 Å². The number of unbranched alkanes of at least 4 members (excludes halogenated alkanes) is 4. The molecule has 19 heavy (non-hydrogen) atoms. The number of esters is 1. The maximum atomic E-state index is 11.5. The lowest BCUT2D eigenvalue weighted by Crippen LogP contribution is -2.07. The first-order valence-electron chi connectivity index (χ1n) is 6.64. The zero-order valence-electron chi connectivity index (χ0n) is 11.2. The lowest BCUT2D eigenvalue weighted by Gasteiger charge is -2.04. The van der Waals surface area contributed by atoms with Gasteiger partial charge in [0.15, 0.2) is 0 Å². The number of carbonyl (C=O) groups excluding carboxylic acids is 2. The molecule has 1 aromatic rings. The molecule has 0 unspecified atom stereocenters. The van der Waals surface area contributed by atoms with Crippen LogP contribution in [0.1, 0.15) is 55.8 Å². The molecule has 0 aliphatic rings. The minimum Gasteiger partial charge on any atom is -0.427 e. The van der Waals surface area contributed by atoms with Crippen molar-refractivity contribution >= 4 is 22.8 Å². The fourth-order valence-corrected chi connectivity index (χ4v) is 1.84. The average Bonchev–Trinajstić information content (AvgIpc) is 2.39. The summed E-state index contributed by atoms with van der Waals surface area (Å²) in [7, 11) is 0. The highest BCUT2D eigenvalue weighted by Gasteiger charge is 2.06. The monoisotopic (exact) mass is 282 g/mol. The third-order valence-corrected chi connectivity index (χ3v) is 3.02. The molecular formula is C15H19ClO3. The highest BCUT2D eigenvalue weighted by atomic mass is 35.5. The van der Waals surface area contributed by atoms with Crippen LogP contribution in [0.5, 0.6) is 5.75 Å². The van der Waals surface area contributed by atoms with Crippen molar-refractivity contribution in [3.05, 3.63) is 29.8 Å². The minimum atomic E-state index is -0.520. The summed E-state index contributed by atoms with van der Waals surface area (Å²) in [5.74, 6) is 0.210. The van der Waals surface area contributed by atoms with Gasteiger partial charge in [-0.2, -0.15) is 0 Å². The van der Waals surface area contributed by atoms with E-state index in [1.54, 1.807) is 24.3 Å². The largest absolute Gasteiger partial charge is 0.427 e. The Bertz CT molecular complexity index is 412. The molecule has 0 N–H and O–H groups in total. The van der Waals surface area contributed by atoms with Gasteiger partial charge in [-0.3, -0.25) is 9.59 Å². The number of rotatable bonds is 8.